The van der Waals surface area contributed by atoms with Gasteiger partial charge < -0.3 is 16.0 Å². The lowest BCUT2D eigenvalue weighted by atomic mass is 10.0. The minimum atomic E-state index is 0.0570. The number of hydrogen-bond donors (Lipinski definition) is 2. The van der Waals surface area contributed by atoms with Crippen LogP contribution in [0.15, 0.2) is 18.2 Å². The van der Waals surface area contributed by atoms with Crippen molar-refractivity contribution in [3.05, 3.63) is 18.2 Å². The van der Waals surface area contributed by atoms with Crippen LogP contribution in [-0.2, 0) is 4.79 Å². The fourth-order valence-electron chi connectivity index (χ4n) is 2.93. The highest BCUT2D eigenvalue weighted by Gasteiger charge is 2.21. The van der Waals surface area contributed by atoms with Crippen molar-refractivity contribution in [3.8, 4) is 0 Å². The predicted octanol–water partition coefficient (Wildman–Crippen LogP) is 3.63. The first kappa shape index (κ1) is 15.7. The van der Waals surface area contributed by atoms with Gasteiger partial charge in [0, 0.05) is 24.7 Å². The maximum absolute atomic E-state index is 12.1. The number of anilines is 3. The summed E-state index contributed by atoms with van der Waals surface area (Å²) in [5.74, 6) is 0.407. The highest BCUT2D eigenvalue weighted by atomic mass is 16.1. The molecule has 21 heavy (non-hydrogen) atoms. The SMILES string of the molecule is CC(C)CC(=O)Nc1cc(N)ccc1N1CCCC[C@H]1C. The number of rotatable bonds is 4. The van der Waals surface area contributed by atoms with Gasteiger partial charge in [-0.05, 0) is 50.3 Å². The number of nitrogen functional groups attached to an aromatic ring is 1. The smallest absolute Gasteiger partial charge is 0.224 e. The second-order valence-corrected chi connectivity index (χ2v) is 6.46. The molecule has 116 valence electrons. The van der Waals surface area contributed by atoms with Gasteiger partial charge in [-0.25, -0.2) is 0 Å². The molecule has 1 atom stereocenters. The molecule has 1 fully saturated rings. The second-order valence-electron chi connectivity index (χ2n) is 6.46. The summed E-state index contributed by atoms with van der Waals surface area (Å²) in [7, 11) is 0. The molecule has 0 saturated carbocycles. The van der Waals surface area contributed by atoms with Gasteiger partial charge in [-0.1, -0.05) is 13.8 Å². The molecule has 1 aromatic rings. The van der Waals surface area contributed by atoms with E-state index in [1.165, 1.54) is 19.3 Å². The third-order valence-electron chi connectivity index (χ3n) is 4.00. The van der Waals surface area contributed by atoms with Crippen LogP contribution < -0.4 is 16.0 Å². The van der Waals surface area contributed by atoms with Gasteiger partial charge in [-0.2, -0.15) is 0 Å². The van der Waals surface area contributed by atoms with Crippen molar-refractivity contribution in [2.45, 2.75) is 52.5 Å². The molecule has 1 saturated heterocycles. The van der Waals surface area contributed by atoms with Gasteiger partial charge in [-0.15, -0.1) is 0 Å². The first-order valence-electron chi connectivity index (χ1n) is 7.93. The Balaban J connectivity index is 2.22. The summed E-state index contributed by atoms with van der Waals surface area (Å²) in [4.78, 5) is 14.5. The van der Waals surface area contributed by atoms with Gasteiger partial charge >= 0.3 is 0 Å². The maximum atomic E-state index is 12.1. The Morgan fingerprint density at radius 2 is 2.19 bits per heavy atom. The number of carbonyl (C=O) groups excluding carboxylic acids is 1. The van der Waals surface area contributed by atoms with E-state index >= 15 is 0 Å². The fourth-order valence-corrected chi connectivity index (χ4v) is 2.93. The molecule has 0 aliphatic carbocycles. The Morgan fingerprint density at radius 1 is 1.43 bits per heavy atom. The molecule has 1 aliphatic heterocycles. The number of piperidine rings is 1. The van der Waals surface area contributed by atoms with Gasteiger partial charge in [0.2, 0.25) is 5.91 Å². The molecule has 1 heterocycles. The summed E-state index contributed by atoms with van der Waals surface area (Å²) in [5.41, 5.74) is 8.52. The Hall–Kier alpha value is -1.71. The van der Waals surface area contributed by atoms with Crippen molar-refractivity contribution in [2.24, 2.45) is 5.92 Å². The number of nitrogens with one attached hydrogen (secondary N) is 1. The van der Waals surface area contributed by atoms with Crippen molar-refractivity contribution in [3.63, 3.8) is 0 Å². The van der Waals surface area contributed by atoms with Crippen LogP contribution in [0.25, 0.3) is 0 Å². The van der Waals surface area contributed by atoms with E-state index in [1.807, 2.05) is 32.0 Å². The Kier molecular flexibility index (Phi) is 5.10. The van der Waals surface area contributed by atoms with E-state index in [2.05, 4.69) is 17.1 Å². The number of nitrogens with two attached hydrogens (primary N) is 1. The first-order valence-corrected chi connectivity index (χ1v) is 7.93. The van der Waals surface area contributed by atoms with Crippen molar-refractivity contribution in [2.75, 3.05) is 22.5 Å². The zero-order valence-corrected chi connectivity index (χ0v) is 13.4. The van der Waals surface area contributed by atoms with E-state index in [0.29, 0.717) is 24.1 Å². The lowest BCUT2D eigenvalue weighted by Crippen LogP contribution is -2.38. The lowest BCUT2D eigenvalue weighted by molar-refractivity contribution is -0.116. The van der Waals surface area contributed by atoms with Crippen LogP contribution in [0.3, 0.4) is 0 Å². The van der Waals surface area contributed by atoms with Crippen LogP contribution >= 0.6 is 0 Å². The van der Waals surface area contributed by atoms with E-state index in [-0.39, 0.29) is 5.91 Å². The molecule has 3 N–H and O–H groups in total. The largest absolute Gasteiger partial charge is 0.399 e. The molecule has 1 aliphatic rings. The number of benzene rings is 1. The van der Waals surface area contributed by atoms with E-state index in [0.717, 1.165) is 17.9 Å². The van der Waals surface area contributed by atoms with Gasteiger partial charge in [0.05, 0.1) is 11.4 Å². The van der Waals surface area contributed by atoms with Crippen molar-refractivity contribution in [1.82, 2.24) is 0 Å². The van der Waals surface area contributed by atoms with Crippen LogP contribution in [0.5, 0.6) is 0 Å². The highest BCUT2D eigenvalue weighted by molar-refractivity contribution is 5.95. The number of carbonyl (C=O) groups is 1. The minimum Gasteiger partial charge on any atom is -0.399 e. The Morgan fingerprint density at radius 3 is 2.86 bits per heavy atom. The van der Waals surface area contributed by atoms with E-state index in [4.69, 9.17) is 5.73 Å². The molecule has 4 nitrogen and oxygen atoms in total. The summed E-state index contributed by atoms with van der Waals surface area (Å²) in [6, 6.07) is 6.31. The highest BCUT2D eigenvalue weighted by Crippen LogP contribution is 2.33. The average Bonchev–Trinajstić information content (AvgIpc) is 2.39. The molecule has 1 amide bonds. The lowest BCUT2D eigenvalue weighted by Gasteiger charge is -2.36. The van der Waals surface area contributed by atoms with Crippen molar-refractivity contribution in [1.29, 1.82) is 0 Å². The van der Waals surface area contributed by atoms with Crippen LogP contribution in [0.1, 0.15) is 46.5 Å². The predicted molar refractivity (Wildman–Crippen MR) is 89.6 cm³/mol. The molecule has 1 aromatic carbocycles. The Labute approximate surface area is 127 Å². The number of nitrogens with zero attached hydrogens (tertiary/aromatic N) is 1. The van der Waals surface area contributed by atoms with E-state index < -0.39 is 0 Å². The standard InChI is InChI=1S/C17H27N3O/c1-12(2)10-17(21)19-15-11-14(18)7-8-16(15)20-9-5-4-6-13(20)3/h7-8,11-13H,4-6,9-10,18H2,1-3H3,(H,19,21)/t13-/m1/s1. The van der Waals surface area contributed by atoms with Crippen LogP contribution in [0.2, 0.25) is 0 Å². The van der Waals surface area contributed by atoms with Crippen molar-refractivity contribution >= 4 is 23.0 Å². The van der Waals surface area contributed by atoms with Crippen LogP contribution in [0.4, 0.5) is 17.1 Å². The quantitative estimate of drug-likeness (QED) is 0.832. The Bertz CT molecular complexity index is 499. The molecular formula is C17H27N3O. The summed E-state index contributed by atoms with van der Waals surface area (Å²) in [6.07, 6.45) is 4.21. The van der Waals surface area contributed by atoms with Crippen molar-refractivity contribution < 1.29 is 4.79 Å². The summed E-state index contributed by atoms with van der Waals surface area (Å²) in [5, 5.41) is 3.04. The minimum absolute atomic E-state index is 0.0570. The first-order chi connectivity index (χ1) is 9.97. The molecule has 0 spiro atoms. The molecule has 2 rings (SSSR count). The summed E-state index contributed by atoms with van der Waals surface area (Å²) >= 11 is 0. The third-order valence-corrected chi connectivity index (χ3v) is 4.00. The van der Waals surface area contributed by atoms with Gasteiger partial charge in [-0.3, -0.25) is 4.79 Å². The summed E-state index contributed by atoms with van der Waals surface area (Å²) in [6.45, 7) is 7.38. The molecule has 0 radical (unpaired) electrons. The second kappa shape index (κ2) is 6.83. The monoisotopic (exact) mass is 289 g/mol. The molecule has 0 bridgehead atoms. The van der Waals surface area contributed by atoms with Gasteiger partial charge in [0.1, 0.15) is 0 Å². The zero-order valence-electron chi connectivity index (χ0n) is 13.4. The third kappa shape index (κ3) is 4.13. The van der Waals surface area contributed by atoms with Gasteiger partial charge in [0.15, 0.2) is 0 Å². The topological polar surface area (TPSA) is 58.4 Å². The van der Waals surface area contributed by atoms with Crippen LogP contribution in [-0.4, -0.2) is 18.5 Å². The van der Waals surface area contributed by atoms with E-state index in [1.54, 1.807) is 0 Å². The molecule has 0 unspecified atom stereocenters. The fraction of sp³-hybridized carbons (Fsp3) is 0.588. The maximum Gasteiger partial charge on any atom is 0.224 e. The molecule has 4 heteroatoms. The normalized spacial score (nSPS) is 18.9. The molecular weight excluding hydrogens is 262 g/mol. The van der Waals surface area contributed by atoms with Gasteiger partial charge in [0.25, 0.3) is 0 Å². The van der Waals surface area contributed by atoms with E-state index in [9.17, 15) is 4.79 Å². The number of amides is 1. The zero-order chi connectivity index (χ0) is 15.4. The molecule has 0 aromatic heterocycles. The average molecular weight is 289 g/mol. The number of hydrogen-bond acceptors (Lipinski definition) is 3. The summed E-state index contributed by atoms with van der Waals surface area (Å²) < 4.78 is 0. The van der Waals surface area contributed by atoms with Crippen LogP contribution in [0, 0.1) is 5.92 Å².